The van der Waals surface area contributed by atoms with E-state index in [4.69, 9.17) is 10.5 Å². The van der Waals surface area contributed by atoms with E-state index in [9.17, 15) is 13.2 Å². The predicted octanol–water partition coefficient (Wildman–Crippen LogP) is 0.753. The lowest BCUT2D eigenvalue weighted by Crippen LogP contribution is -2.44. The number of nitrogens with two attached hydrogens (primary N) is 1. The summed E-state index contributed by atoms with van der Waals surface area (Å²) >= 11 is 0. The van der Waals surface area contributed by atoms with Crippen molar-refractivity contribution in [2.75, 3.05) is 20.0 Å². The fourth-order valence-corrected chi connectivity index (χ4v) is 3.25. The third-order valence-corrected chi connectivity index (χ3v) is 4.34. The molecule has 0 aliphatic heterocycles. The number of sulfonamides is 1. The summed E-state index contributed by atoms with van der Waals surface area (Å²) in [4.78, 5) is 11.6. The van der Waals surface area contributed by atoms with Crippen molar-refractivity contribution < 1.29 is 22.7 Å². The highest BCUT2D eigenvalue weighted by molar-refractivity contribution is 7.89. The Kier molecular flexibility index (Phi) is 5.56. The molecule has 0 aliphatic carbocycles. The minimum Gasteiger partial charge on any atom is -0.495 e. The van der Waals surface area contributed by atoms with Gasteiger partial charge in [-0.1, -0.05) is 13.8 Å². The van der Waals surface area contributed by atoms with E-state index in [1.807, 2.05) is 0 Å². The molecule has 7 nitrogen and oxygen atoms in total. The van der Waals surface area contributed by atoms with Crippen molar-refractivity contribution in [3.05, 3.63) is 18.2 Å². The Labute approximate surface area is 124 Å². The Bertz CT molecular complexity index is 613. The lowest BCUT2D eigenvalue weighted by atomic mass is 10.1. The molecule has 0 amide bonds. The van der Waals surface area contributed by atoms with Gasteiger partial charge in [-0.2, -0.15) is 4.72 Å². The third-order valence-electron chi connectivity index (χ3n) is 2.88. The Morgan fingerprint density at radius 2 is 1.90 bits per heavy atom. The Morgan fingerprint density at radius 3 is 2.38 bits per heavy atom. The van der Waals surface area contributed by atoms with E-state index in [1.165, 1.54) is 32.4 Å². The first-order valence-electron chi connectivity index (χ1n) is 6.26. The molecule has 0 aliphatic rings. The Morgan fingerprint density at radius 1 is 1.29 bits per heavy atom. The molecule has 3 N–H and O–H groups in total. The summed E-state index contributed by atoms with van der Waals surface area (Å²) < 4.78 is 36.9. The quantitative estimate of drug-likeness (QED) is 0.592. The first-order chi connectivity index (χ1) is 9.72. The molecule has 1 atom stereocenters. The minimum atomic E-state index is -3.98. The first kappa shape index (κ1) is 17.3. The van der Waals surface area contributed by atoms with E-state index in [-0.39, 0.29) is 22.3 Å². The maximum absolute atomic E-state index is 12.4. The number of rotatable bonds is 6. The van der Waals surface area contributed by atoms with Gasteiger partial charge in [-0.15, -0.1) is 0 Å². The molecule has 21 heavy (non-hydrogen) atoms. The van der Waals surface area contributed by atoms with Crippen LogP contribution in [-0.2, 0) is 19.6 Å². The van der Waals surface area contributed by atoms with Gasteiger partial charge >= 0.3 is 5.97 Å². The van der Waals surface area contributed by atoms with E-state index < -0.39 is 22.0 Å². The molecule has 0 aromatic heterocycles. The summed E-state index contributed by atoms with van der Waals surface area (Å²) in [6, 6.07) is 3.26. The Balaban J connectivity index is 3.22. The summed E-state index contributed by atoms with van der Waals surface area (Å²) in [6.45, 7) is 3.42. The number of esters is 1. The van der Waals surface area contributed by atoms with Crippen molar-refractivity contribution in [3.8, 4) is 5.75 Å². The van der Waals surface area contributed by atoms with Crippen LogP contribution in [0, 0.1) is 5.92 Å². The highest BCUT2D eigenvalue weighted by atomic mass is 32.2. The fraction of sp³-hybridized carbons (Fsp3) is 0.462. The van der Waals surface area contributed by atoms with Gasteiger partial charge in [0.1, 0.15) is 16.7 Å². The number of methoxy groups -OCH3 is 2. The number of carbonyl (C=O) groups is 1. The minimum absolute atomic E-state index is 0.125. The molecule has 8 heteroatoms. The van der Waals surface area contributed by atoms with Crippen LogP contribution in [0.25, 0.3) is 0 Å². The number of hydrogen-bond donors (Lipinski definition) is 2. The second-order valence-corrected chi connectivity index (χ2v) is 6.46. The van der Waals surface area contributed by atoms with Crippen LogP contribution in [0.5, 0.6) is 5.75 Å². The molecular weight excluding hydrogens is 296 g/mol. The van der Waals surface area contributed by atoms with Crippen LogP contribution in [0.3, 0.4) is 0 Å². The van der Waals surface area contributed by atoms with Gasteiger partial charge in [-0.3, -0.25) is 4.79 Å². The summed E-state index contributed by atoms with van der Waals surface area (Å²) in [5.41, 5.74) is 5.89. The van der Waals surface area contributed by atoms with Crippen LogP contribution in [0.1, 0.15) is 13.8 Å². The second kappa shape index (κ2) is 6.77. The number of nitrogen functional groups attached to an aromatic ring is 1. The smallest absolute Gasteiger partial charge is 0.324 e. The molecule has 0 saturated heterocycles. The van der Waals surface area contributed by atoms with Crippen LogP contribution in [-0.4, -0.2) is 34.6 Å². The molecule has 0 radical (unpaired) electrons. The van der Waals surface area contributed by atoms with Gasteiger partial charge < -0.3 is 15.2 Å². The molecule has 1 unspecified atom stereocenters. The van der Waals surface area contributed by atoms with Gasteiger partial charge in [-0.25, -0.2) is 8.42 Å². The molecule has 1 rings (SSSR count). The molecule has 0 heterocycles. The summed E-state index contributed by atoms with van der Waals surface area (Å²) in [5.74, 6) is -0.792. The van der Waals surface area contributed by atoms with Crippen molar-refractivity contribution in [1.29, 1.82) is 0 Å². The summed E-state index contributed by atoms with van der Waals surface area (Å²) in [7, 11) is -1.43. The first-order valence-corrected chi connectivity index (χ1v) is 7.75. The van der Waals surface area contributed by atoms with Gasteiger partial charge in [0.25, 0.3) is 0 Å². The van der Waals surface area contributed by atoms with Crippen LogP contribution in [0.2, 0.25) is 0 Å². The van der Waals surface area contributed by atoms with Crippen LogP contribution < -0.4 is 15.2 Å². The van der Waals surface area contributed by atoms with E-state index in [2.05, 4.69) is 9.46 Å². The number of benzene rings is 1. The molecule has 0 spiro atoms. The number of ether oxygens (including phenoxy) is 2. The van der Waals surface area contributed by atoms with E-state index in [1.54, 1.807) is 13.8 Å². The average molecular weight is 316 g/mol. The molecule has 1 aromatic rings. The van der Waals surface area contributed by atoms with Crippen LogP contribution in [0.4, 0.5) is 5.69 Å². The highest BCUT2D eigenvalue weighted by Gasteiger charge is 2.30. The van der Waals surface area contributed by atoms with Gasteiger partial charge in [-0.05, 0) is 24.1 Å². The zero-order valence-corrected chi connectivity index (χ0v) is 13.2. The predicted molar refractivity (Wildman–Crippen MR) is 78.4 cm³/mol. The van der Waals surface area contributed by atoms with Gasteiger partial charge in [0.05, 0.1) is 14.2 Å². The highest BCUT2D eigenvalue weighted by Crippen LogP contribution is 2.26. The van der Waals surface area contributed by atoms with Gasteiger partial charge in [0, 0.05) is 5.69 Å². The largest absolute Gasteiger partial charge is 0.495 e. The zero-order valence-electron chi connectivity index (χ0n) is 12.4. The van der Waals surface area contributed by atoms with Gasteiger partial charge in [0.2, 0.25) is 10.0 Å². The number of carbonyl (C=O) groups excluding carboxylic acids is 1. The molecule has 118 valence electrons. The standard InChI is InChI=1S/C13H20N2O5S/c1-8(2)12(13(16)20-4)15-21(17,18)11-7-9(14)5-6-10(11)19-3/h5-8,12,15H,14H2,1-4H3. The van der Waals surface area contributed by atoms with Crippen LogP contribution in [0.15, 0.2) is 23.1 Å². The summed E-state index contributed by atoms with van der Waals surface area (Å²) in [6.07, 6.45) is 0. The normalized spacial score (nSPS) is 13.0. The molecule has 0 fully saturated rings. The third kappa shape index (κ3) is 4.08. The molecule has 0 bridgehead atoms. The second-order valence-electron chi connectivity index (χ2n) is 4.78. The van der Waals surface area contributed by atoms with Crippen molar-refractivity contribution in [2.45, 2.75) is 24.8 Å². The topological polar surface area (TPSA) is 108 Å². The monoisotopic (exact) mass is 316 g/mol. The fourth-order valence-electron chi connectivity index (χ4n) is 1.72. The lowest BCUT2D eigenvalue weighted by molar-refractivity contribution is -0.143. The van der Waals surface area contributed by atoms with Crippen molar-refractivity contribution >= 4 is 21.7 Å². The lowest BCUT2D eigenvalue weighted by Gasteiger charge is -2.20. The van der Waals surface area contributed by atoms with Crippen molar-refractivity contribution in [2.24, 2.45) is 5.92 Å². The zero-order chi connectivity index (χ0) is 16.2. The van der Waals surface area contributed by atoms with Crippen LogP contribution >= 0.6 is 0 Å². The van der Waals surface area contributed by atoms with E-state index in [0.717, 1.165) is 0 Å². The maximum Gasteiger partial charge on any atom is 0.324 e. The van der Waals surface area contributed by atoms with Gasteiger partial charge in [0.15, 0.2) is 0 Å². The summed E-state index contributed by atoms with van der Waals surface area (Å²) in [5, 5.41) is 0. The van der Waals surface area contributed by atoms with E-state index >= 15 is 0 Å². The SMILES string of the molecule is COC(=O)C(NS(=O)(=O)c1cc(N)ccc1OC)C(C)C. The number of hydrogen-bond acceptors (Lipinski definition) is 6. The van der Waals surface area contributed by atoms with Crippen molar-refractivity contribution in [1.82, 2.24) is 4.72 Å². The molecule has 1 aromatic carbocycles. The molecular formula is C13H20N2O5S. The maximum atomic E-state index is 12.4. The van der Waals surface area contributed by atoms with Crippen molar-refractivity contribution in [3.63, 3.8) is 0 Å². The Hall–Kier alpha value is -1.80. The molecule has 0 saturated carbocycles. The van der Waals surface area contributed by atoms with E-state index in [0.29, 0.717) is 0 Å². The number of anilines is 1. The average Bonchev–Trinajstić information content (AvgIpc) is 2.43. The number of nitrogens with one attached hydrogen (secondary N) is 1.